The molecule has 1 atom stereocenters. The number of primary amides is 1. The largest absolute Gasteiger partial charge is 0.389 e. The van der Waals surface area contributed by atoms with Gasteiger partial charge in [0.15, 0.2) is 0 Å². The third-order valence-corrected chi connectivity index (χ3v) is 4.70. The maximum Gasteiger partial charge on any atom is 0.231 e. The first-order chi connectivity index (χ1) is 10.6. The van der Waals surface area contributed by atoms with Crippen LogP contribution in [0.5, 0.6) is 0 Å². The number of hydrogen-bond acceptors (Lipinski definition) is 5. The van der Waals surface area contributed by atoms with Crippen molar-refractivity contribution in [2.75, 3.05) is 52.5 Å². The van der Waals surface area contributed by atoms with Gasteiger partial charge < -0.3 is 15.6 Å². The Labute approximate surface area is 133 Å². The fourth-order valence-corrected chi connectivity index (χ4v) is 3.43. The first-order valence-corrected chi connectivity index (χ1v) is 8.62. The Morgan fingerprint density at radius 3 is 2.41 bits per heavy atom. The summed E-state index contributed by atoms with van der Waals surface area (Å²) in [6, 6.07) is 0. The number of aliphatic hydroxyl groups excluding tert-OH is 1. The fraction of sp³-hybridized carbons (Fsp3) is 0.938. The molecule has 6 heteroatoms. The minimum atomic E-state index is -0.425. The molecule has 1 amide bonds. The van der Waals surface area contributed by atoms with Crippen LogP contribution in [0.25, 0.3) is 0 Å². The summed E-state index contributed by atoms with van der Waals surface area (Å²) in [7, 11) is 0. The lowest BCUT2D eigenvalue weighted by molar-refractivity contribution is -0.119. The molecule has 22 heavy (non-hydrogen) atoms. The Hall–Kier alpha value is -0.690. The number of hydrogen-bond donors (Lipinski definition) is 2. The summed E-state index contributed by atoms with van der Waals surface area (Å²) in [5.41, 5.74) is 5.20. The number of piperazine rings is 1. The van der Waals surface area contributed by atoms with Crippen LogP contribution in [0.15, 0.2) is 0 Å². The molecule has 0 aromatic heterocycles. The second kappa shape index (κ2) is 9.45. The van der Waals surface area contributed by atoms with Gasteiger partial charge >= 0.3 is 0 Å². The number of nitrogens with zero attached hydrogens (tertiary/aromatic N) is 2. The molecule has 3 N–H and O–H groups in total. The van der Waals surface area contributed by atoms with Crippen molar-refractivity contribution in [2.24, 2.45) is 11.7 Å². The first-order valence-electron chi connectivity index (χ1n) is 8.62. The highest BCUT2D eigenvalue weighted by molar-refractivity contribution is 5.75. The molecule has 1 aliphatic carbocycles. The molecule has 1 heterocycles. The summed E-state index contributed by atoms with van der Waals surface area (Å²) in [5, 5.41) is 10.1. The zero-order valence-electron chi connectivity index (χ0n) is 13.6. The molecular weight excluding hydrogens is 282 g/mol. The SMILES string of the molecule is NC(=O)CN1CCN(CC(O)COCC2CCCCC2)CC1. The molecule has 6 nitrogen and oxygen atoms in total. The van der Waals surface area contributed by atoms with E-state index < -0.39 is 6.10 Å². The number of β-amino-alcohol motifs (C(OH)–C–C–N with tert-alkyl or cyclic N) is 1. The molecular formula is C16H31N3O3. The quantitative estimate of drug-likeness (QED) is 0.662. The van der Waals surface area contributed by atoms with E-state index >= 15 is 0 Å². The molecule has 0 spiro atoms. The van der Waals surface area contributed by atoms with Gasteiger partial charge in [-0.25, -0.2) is 0 Å². The number of carbonyl (C=O) groups excluding carboxylic acids is 1. The van der Waals surface area contributed by atoms with E-state index in [1.54, 1.807) is 0 Å². The van der Waals surface area contributed by atoms with E-state index in [0.717, 1.165) is 32.8 Å². The number of amides is 1. The van der Waals surface area contributed by atoms with Gasteiger partial charge in [0.2, 0.25) is 5.91 Å². The van der Waals surface area contributed by atoms with Gasteiger partial charge in [0.1, 0.15) is 0 Å². The highest BCUT2D eigenvalue weighted by atomic mass is 16.5. The van der Waals surface area contributed by atoms with Gasteiger partial charge in [-0.15, -0.1) is 0 Å². The van der Waals surface area contributed by atoms with Crippen molar-refractivity contribution in [3.63, 3.8) is 0 Å². The Morgan fingerprint density at radius 1 is 1.14 bits per heavy atom. The molecule has 1 unspecified atom stereocenters. The Balaban J connectivity index is 1.53. The zero-order chi connectivity index (χ0) is 15.8. The average Bonchev–Trinajstić information content (AvgIpc) is 2.50. The van der Waals surface area contributed by atoms with Crippen molar-refractivity contribution in [3.8, 4) is 0 Å². The molecule has 0 radical (unpaired) electrons. The maximum absolute atomic E-state index is 10.9. The molecule has 0 bridgehead atoms. The predicted octanol–water partition coefficient (Wildman–Crippen LogP) is 0.0471. The smallest absolute Gasteiger partial charge is 0.231 e. The number of rotatable bonds is 8. The molecule has 1 saturated heterocycles. The molecule has 2 fully saturated rings. The summed E-state index contributed by atoms with van der Waals surface area (Å²) in [4.78, 5) is 15.2. The fourth-order valence-electron chi connectivity index (χ4n) is 3.43. The lowest BCUT2D eigenvalue weighted by Gasteiger charge is -2.35. The minimum absolute atomic E-state index is 0.274. The average molecular weight is 313 g/mol. The van der Waals surface area contributed by atoms with E-state index in [1.165, 1.54) is 32.1 Å². The van der Waals surface area contributed by atoms with Gasteiger partial charge in [-0.2, -0.15) is 0 Å². The molecule has 0 aromatic rings. The molecule has 1 aliphatic heterocycles. The van der Waals surface area contributed by atoms with Crippen molar-refractivity contribution in [1.82, 2.24) is 9.80 Å². The highest BCUT2D eigenvalue weighted by Crippen LogP contribution is 2.23. The Morgan fingerprint density at radius 2 is 1.77 bits per heavy atom. The predicted molar refractivity (Wildman–Crippen MR) is 85.5 cm³/mol. The summed E-state index contributed by atoms with van der Waals surface area (Å²) < 4.78 is 5.70. The maximum atomic E-state index is 10.9. The third-order valence-electron chi connectivity index (χ3n) is 4.70. The normalized spacial score (nSPS) is 23.5. The van der Waals surface area contributed by atoms with Crippen LogP contribution >= 0.6 is 0 Å². The van der Waals surface area contributed by atoms with Crippen LogP contribution in [0.2, 0.25) is 0 Å². The van der Waals surface area contributed by atoms with Gasteiger partial charge in [-0.05, 0) is 18.8 Å². The van der Waals surface area contributed by atoms with Gasteiger partial charge in [-0.3, -0.25) is 14.6 Å². The van der Waals surface area contributed by atoms with Crippen molar-refractivity contribution in [1.29, 1.82) is 0 Å². The van der Waals surface area contributed by atoms with Crippen LogP contribution in [0, 0.1) is 5.92 Å². The number of aliphatic hydroxyl groups is 1. The summed E-state index contributed by atoms with van der Waals surface area (Å²) in [5.74, 6) is 0.419. The number of carbonyl (C=O) groups is 1. The van der Waals surface area contributed by atoms with Crippen molar-refractivity contribution >= 4 is 5.91 Å². The van der Waals surface area contributed by atoms with Crippen molar-refractivity contribution in [2.45, 2.75) is 38.2 Å². The zero-order valence-corrected chi connectivity index (χ0v) is 13.6. The monoisotopic (exact) mass is 313 g/mol. The van der Waals surface area contributed by atoms with Crippen LogP contribution in [0.3, 0.4) is 0 Å². The summed E-state index contributed by atoms with van der Waals surface area (Å²) in [6.45, 7) is 5.61. The molecule has 2 aliphatic rings. The van der Waals surface area contributed by atoms with E-state index in [9.17, 15) is 9.90 Å². The summed E-state index contributed by atoms with van der Waals surface area (Å²) >= 11 is 0. The lowest BCUT2D eigenvalue weighted by Crippen LogP contribution is -2.50. The number of nitrogens with two attached hydrogens (primary N) is 1. The topological polar surface area (TPSA) is 79.0 Å². The lowest BCUT2D eigenvalue weighted by atomic mass is 9.90. The van der Waals surface area contributed by atoms with Crippen molar-refractivity contribution < 1.29 is 14.6 Å². The molecule has 128 valence electrons. The summed E-state index contributed by atoms with van der Waals surface area (Å²) in [6.07, 6.45) is 6.14. The van der Waals surface area contributed by atoms with Gasteiger partial charge in [0.25, 0.3) is 0 Å². The van der Waals surface area contributed by atoms with Crippen LogP contribution in [0.4, 0.5) is 0 Å². The van der Waals surface area contributed by atoms with Crippen LogP contribution in [-0.4, -0.2) is 79.4 Å². The van der Waals surface area contributed by atoms with E-state index in [1.807, 2.05) is 0 Å². The third kappa shape index (κ3) is 6.60. The molecule has 1 saturated carbocycles. The van der Waals surface area contributed by atoms with E-state index in [0.29, 0.717) is 25.6 Å². The Kier molecular flexibility index (Phi) is 7.59. The number of ether oxygens (including phenoxy) is 1. The van der Waals surface area contributed by atoms with Crippen molar-refractivity contribution in [3.05, 3.63) is 0 Å². The molecule has 2 rings (SSSR count). The standard InChI is InChI=1S/C16H31N3O3/c17-16(21)11-19-8-6-18(7-9-19)10-15(20)13-22-12-14-4-2-1-3-5-14/h14-15,20H,1-13H2,(H2,17,21). The first kappa shape index (κ1) is 17.7. The van der Waals surface area contributed by atoms with Gasteiger partial charge in [0.05, 0.1) is 19.3 Å². The van der Waals surface area contributed by atoms with Crippen LogP contribution in [-0.2, 0) is 9.53 Å². The van der Waals surface area contributed by atoms with Gasteiger partial charge in [0, 0.05) is 39.3 Å². The minimum Gasteiger partial charge on any atom is -0.389 e. The van der Waals surface area contributed by atoms with Crippen LogP contribution in [0.1, 0.15) is 32.1 Å². The second-order valence-electron chi connectivity index (χ2n) is 6.74. The molecule has 0 aromatic carbocycles. The van der Waals surface area contributed by atoms with E-state index in [-0.39, 0.29) is 5.91 Å². The van der Waals surface area contributed by atoms with Crippen LogP contribution < -0.4 is 5.73 Å². The van der Waals surface area contributed by atoms with E-state index in [2.05, 4.69) is 9.80 Å². The second-order valence-corrected chi connectivity index (χ2v) is 6.74. The van der Waals surface area contributed by atoms with Gasteiger partial charge in [-0.1, -0.05) is 19.3 Å². The Bertz CT molecular complexity index is 327. The van der Waals surface area contributed by atoms with E-state index in [4.69, 9.17) is 10.5 Å². The highest BCUT2D eigenvalue weighted by Gasteiger charge is 2.20.